The molecule has 4 heteroatoms. The predicted octanol–water partition coefficient (Wildman–Crippen LogP) is 6.79. The first-order valence-corrected chi connectivity index (χ1v) is 14.1. The van der Waals surface area contributed by atoms with Crippen molar-refractivity contribution in [1.82, 2.24) is 9.47 Å². The van der Waals surface area contributed by atoms with E-state index in [-0.39, 0.29) is 5.41 Å². The Bertz CT molecular complexity index is 1050. The molecule has 0 amide bonds. The van der Waals surface area contributed by atoms with Crippen LogP contribution >= 0.6 is 0 Å². The molecule has 4 rings (SSSR count). The maximum absolute atomic E-state index is 10.9. The summed E-state index contributed by atoms with van der Waals surface area (Å²) >= 11 is 0. The van der Waals surface area contributed by atoms with E-state index in [9.17, 15) is 5.11 Å². The summed E-state index contributed by atoms with van der Waals surface area (Å²) < 4.78 is 8.22. The molecule has 1 atom stereocenters. The molecule has 3 aromatic rings. The molecule has 1 heterocycles. The molecule has 1 aromatic heterocycles. The van der Waals surface area contributed by atoms with Crippen molar-refractivity contribution < 1.29 is 9.84 Å². The molecule has 1 fully saturated rings. The van der Waals surface area contributed by atoms with E-state index < -0.39 is 6.10 Å². The molecular formula is C33H46N2O2. The van der Waals surface area contributed by atoms with Gasteiger partial charge in [-0.15, -0.1) is 0 Å². The number of hydrogen-bond donors (Lipinski definition) is 1. The van der Waals surface area contributed by atoms with Crippen molar-refractivity contribution in [1.29, 1.82) is 0 Å². The fraction of sp³-hybridized carbons (Fsp3) is 0.515. The number of aromatic nitrogens is 1. The average molecular weight is 503 g/mol. The Labute approximate surface area is 224 Å². The number of rotatable bonds is 12. The van der Waals surface area contributed by atoms with Gasteiger partial charge < -0.3 is 14.4 Å². The lowest BCUT2D eigenvalue weighted by Gasteiger charge is -2.31. The Hall–Kier alpha value is -2.40. The molecule has 1 saturated carbocycles. The third kappa shape index (κ3) is 8.84. The van der Waals surface area contributed by atoms with E-state index in [0.717, 1.165) is 31.1 Å². The highest BCUT2D eigenvalue weighted by molar-refractivity contribution is 5.28. The average Bonchev–Trinajstić information content (AvgIpc) is 3.31. The zero-order valence-corrected chi connectivity index (χ0v) is 23.1. The quantitative estimate of drug-likeness (QED) is 0.296. The Balaban J connectivity index is 1.37. The predicted molar refractivity (Wildman–Crippen MR) is 153 cm³/mol. The van der Waals surface area contributed by atoms with Gasteiger partial charge in [0.1, 0.15) is 0 Å². The van der Waals surface area contributed by atoms with Crippen molar-refractivity contribution >= 4 is 0 Å². The van der Waals surface area contributed by atoms with Gasteiger partial charge in [0, 0.05) is 38.1 Å². The summed E-state index contributed by atoms with van der Waals surface area (Å²) in [5.41, 5.74) is 5.29. The standard InChI is InChI=1S/C33H46N2O2/c1-33(2,3)30-18-16-28(17-19-30)22-35-20-10-15-31(35)23-34(21-27-11-6-4-7-12-27)24-32(36)26-37-25-29-13-8-5-9-14-29/h5,8-10,13-20,27,32,36H,4,6-7,11-12,21-26H2,1-3H3/t32-/m1/s1. The minimum Gasteiger partial charge on any atom is -0.389 e. The summed E-state index contributed by atoms with van der Waals surface area (Å²) in [5.74, 6) is 0.722. The second kappa shape index (κ2) is 13.4. The van der Waals surface area contributed by atoms with Gasteiger partial charge in [-0.3, -0.25) is 4.90 Å². The Morgan fingerprint density at radius 3 is 2.35 bits per heavy atom. The first-order chi connectivity index (χ1) is 17.9. The van der Waals surface area contributed by atoms with Crippen LogP contribution in [-0.2, 0) is 29.8 Å². The first kappa shape index (κ1) is 27.6. The molecule has 37 heavy (non-hydrogen) atoms. The number of hydrogen-bond acceptors (Lipinski definition) is 3. The Kier molecular flexibility index (Phi) is 10.0. The molecule has 0 bridgehead atoms. The lowest BCUT2D eigenvalue weighted by molar-refractivity contribution is 0.00469. The van der Waals surface area contributed by atoms with Crippen LogP contribution in [0.25, 0.3) is 0 Å². The second-order valence-corrected chi connectivity index (χ2v) is 11.9. The summed E-state index contributed by atoms with van der Waals surface area (Å²) in [6.07, 6.45) is 8.33. The summed E-state index contributed by atoms with van der Waals surface area (Å²) in [7, 11) is 0. The van der Waals surface area contributed by atoms with E-state index in [2.05, 4.69) is 85.0 Å². The number of ether oxygens (including phenoxy) is 1. The number of aliphatic hydroxyl groups is 1. The van der Waals surface area contributed by atoms with Crippen molar-refractivity contribution in [2.45, 2.75) is 84.1 Å². The summed E-state index contributed by atoms with van der Waals surface area (Å²) in [4.78, 5) is 2.46. The maximum atomic E-state index is 10.9. The van der Waals surface area contributed by atoms with Crippen LogP contribution in [-0.4, -0.2) is 40.4 Å². The van der Waals surface area contributed by atoms with E-state index >= 15 is 0 Å². The third-order valence-corrected chi connectivity index (χ3v) is 7.61. The highest BCUT2D eigenvalue weighted by Crippen LogP contribution is 2.26. The SMILES string of the molecule is CC(C)(C)c1ccc(Cn2cccc2CN(CC2CCCCC2)C[C@@H](O)COCc2ccccc2)cc1. The van der Waals surface area contributed by atoms with Gasteiger partial charge in [0.25, 0.3) is 0 Å². The van der Waals surface area contributed by atoms with Gasteiger partial charge >= 0.3 is 0 Å². The number of benzene rings is 2. The van der Waals surface area contributed by atoms with E-state index in [0.29, 0.717) is 19.8 Å². The van der Waals surface area contributed by atoms with Gasteiger partial charge in [0.15, 0.2) is 0 Å². The van der Waals surface area contributed by atoms with Gasteiger partial charge in [-0.2, -0.15) is 0 Å². The van der Waals surface area contributed by atoms with E-state index in [1.54, 1.807) is 0 Å². The summed E-state index contributed by atoms with van der Waals surface area (Å²) in [5, 5.41) is 10.9. The van der Waals surface area contributed by atoms with Gasteiger partial charge in [0.2, 0.25) is 0 Å². The molecule has 1 aliphatic carbocycles. The lowest BCUT2D eigenvalue weighted by Crippen LogP contribution is -2.38. The topological polar surface area (TPSA) is 37.6 Å². The van der Waals surface area contributed by atoms with Crippen LogP contribution in [0.4, 0.5) is 0 Å². The lowest BCUT2D eigenvalue weighted by atomic mass is 9.87. The van der Waals surface area contributed by atoms with Crippen molar-refractivity contribution in [3.63, 3.8) is 0 Å². The molecule has 0 radical (unpaired) electrons. The fourth-order valence-corrected chi connectivity index (χ4v) is 5.46. The van der Waals surface area contributed by atoms with Gasteiger partial charge in [-0.1, -0.05) is 94.6 Å². The van der Waals surface area contributed by atoms with Crippen LogP contribution in [0.5, 0.6) is 0 Å². The molecule has 0 saturated heterocycles. The minimum atomic E-state index is -0.499. The Morgan fingerprint density at radius 1 is 0.919 bits per heavy atom. The number of aliphatic hydroxyl groups excluding tert-OH is 1. The molecule has 1 N–H and O–H groups in total. The zero-order chi connectivity index (χ0) is 26.1. The van der Waals surface area contributed by atoms with Crippen molar-refractivity contribution in [3.8, 4) is 0 Å². The van der Waals surface area contributed by atoms with Crippen molar-refractivity contribution in [2.75, 3.05) is 19.7 Å². The monoisotopic (exact) mass is 502 g/mol. The van der Waals surface area contributed by atoms with Crippen LogP contribution < -0.4 is 0 Å². The largest absolute Gasteiger partial charge is 0.389 e. The molecule has 2 aromatic carbocycles. The first-order valence-electron chi connectivity index (χ1n) is 14.1. The normalized spacial score (nSPS) is 15.8. The zero-order valence-electron chi connectivity index (χ0n) is 23.1. The molecule has 1 aliphatic rings. The minimum absolute atomic E-state index is 0.169. The molecule has 0 unspecified atom stereocenters. The summed E-state index contributed by atoms with van der Waals surface area (Å²) in [6.45, 7) is 11.1. The van der Waals surface area contributed by atoms with Crippen molar-refractivity contribution in [3.05, 3.63) is 95.3 Å². The molecule has 0 spiro atoms. The van der Waals surface area contributed by atoms with Crippen LogP contribution in [0.3, 0.4) is 0 Å². The molecule has 200 valence electrons. The van der Waals surface area contributed by atoms with E-state index in [1.807, 2.05) is 18.2 Å². The highest BCUT2D eigenvalue weighted by Gasteiger charge is 2.21. The van der Waals surface area contributed by atoms with Crippen LogP contribution in [0.2, 0.25) is 0 Å². The fourth-order valence-electron chi connectivity index (χ4n) is 5.46. The van der Waals surface area contributed by atoms with Crippen LogP contribution in [0.15, 0.2) is 72.9 Å². The van der Waals surface area contributed by atoms with E-state index in [1.165, 1.54) is 48.9 Å². The number of nitrogens with zero attached hydrogens (tertiary/aromatic N) is 2. The molecule has 4 nitrogen and oxygen atoms in total. The van der Waals surface area contributed by atoms with Crippen LogP contribution in [0.1, 0.15) is 75.3 Å². The summed E-state index contributed by atoms with van der Waals surface area (Å²) in [6, 6.07) is 23.6. The van der Waals surface area contributed by atoms with Gasteiger partial charge in [-0.05, 0) is 53.0 Å². The second-order valence-electron chi connectivity index (χ2n) is 11.9. The van der Waals surface area contributed by atoms with Gasteiger partial charge in [0.05, 0.1) is 19.3 Å². The van der Waals surface area contributed by atoms with Crippen LogP contribution in [0, 0.1) is 5.92 Å². The molecule has 0 aliphatic heterocycles. The molecular weight excluding hydrogens is 456 g/mol. The van der Waals surface area contributed by atoms with Gasteiger partial charge in [-0.25, -0.2) is 0 Å². The van der Waals surface area contributed by atoms with E-state index in [4.69, 9.17) is 4.74 Å². The third-order valence-electron chi connectivity index (χ3n) is 7.61. The smallest absolute Gasteiger partial charge is 0.0900 e. The Morgan fingerprint density at radius 2 is 1.65 bits per heavy atom. The maximum Gasteiger partial charge on any atom is 0.0900 e. The van der Waals surface area contributed by atoms with Crippen molar-refractivity contribution in [2.24, 2.45) is 5.92 Å². The highest BCUT2D eigenvalue weighted by atomic mass is 16.5.